The normalized spacial score (nSPS) is 17.0. The van der Waals surface area contributed by atoms with Gasteiger partial charge < -0.3 is 10.2 Å². The van der Waals surface area contributed by atoms with Gasteiger partial charge in [-0.1, -0.05) is 26.0 Å². The zero-order valence-corrected chi connectivity index (χ0v) is 14.6. The van der Waals surface area contributed by atoms with Crippen LogP contribution in [-0.2, 0) is 9.59 Å². The predicted octanol–water partition coefficient (Wildman–Crippen LogP) is 4.08. The van der Waals surface area contributed by atoms with Gasteiger partial charge in [-0.3, -0.25) is 9.59 Å². The topological polar surface area (TPSA) is 49.4 Å². The molecule has 2 aromatic carbocycles. The zero-order chi connectivity index (χ0) is 18.8. The van der Waals surface area contributed by atoms with Crippen LogP contribution < -0.4 is 10.2 Å². The average Bonchev–Trinajstić information content (AvgIpc) is 3.00. The van der Waals surface area contributed by atoms with Gasteiger partial charge in [-0.05, 0) is 35.7 Å². The van der Waals surface area contributed by atoms with Gasteiger partial charge in [-0.2, -0.15) is 0 Å². The van der Waals surface area contributed by atoms with Crippen molar-refractivity contribution >= 4 is 23.2 Å². The van der Waals surface area contributed by atoms with Gasteiger partial charge in [-0.25, -0.2) is 8.78 Å². The molecular weight excluding hydrogens is 338 g/mol. The molecule has 136 valence electrons. The summed E-state index contributed by atoms with van der Waals surface area (Å²) in [5.74, 6) is -2.67. The molecule has 1 saturated heterocycles. The van der Waals surface area contributed by atoms with Crippen molar-refractivity contribution in [1.82, 2.24) is 0 Å². The van der Waals surface area contributed by atoms with E-state index in [2.05, 4.69) is 19.2 Å². The van der Waals surface area contributed by atoms with E-state index in [0.717, 1.165) is 17.8 Å². The van der Waals surface area contributed by atoms with Crippen LogP contribution in [0.2, 0.25) is 0 Å². The third kappa shape index (κ3) is 3.74. The minimum atomic E-state index is -1.03. The Hall–Kier alpha value is -2.76. The number of hydrogen-bond donors (Lipinski definition) is 1. The molecule has 0 radical (unpaired) electrons. The molecule has 0 spiro atoms. The number of carbonyl (C=O) groups is 2. The van der Waals surface area contributed by atoms with E-state index in [1.807, 2.05) is 24.3 Å². The Bertz CT molecular complexity index is 834. The van der Waals surface area contributed by atoms with Gasteiger partial charge in [0.05, 0.1) is 5.92 Å². The van der Waals surface area contributed by atoms with Crippen molar-refractivity contribution < 1.29 is 18.4 Å². The third-order valence-electron chi connectivity index (χ3n) is 4.55. The van der Waals surface area contributed by atoms with Crippen molar-refractivity contribution in [2.75, 3.05) is 16.8 Å². The van der Waals surface area contributed by atoms with Crippen LogP contribution in [0, 0.1) is 17.6 Å². The molecular formula is C20H20F2N2O2. The minimum absolute atomic E-state index is 0.0848. The van der Waals surface area contributed by atoms with E-state index in [-0.39, 0.29) is 30.5 Å². The van der Waals surface area contributed by atoms with Gasteiger partial charge in [-0.15, -0.1) is 0 Å². The Morgan fingerprint density at radius 2 is 1.81 bits per heavy atom. The maximum atomic E-state index is 13.3. The summed E-state index contributed by atoms with van der Waals surface area (Å²) < 4.78 is 26.2. The fraction of sp³-hybridized carbons (Fsp3) is 0.300. The fourth-order valence-corrected chi connectivity index (χ4v) is 2.99. The maximum Gasteiger partial charge on any atom is 0.229 e. The first kappa shape index (κ1) is 18.0. The molecule has 1 heterocycles. The largest absolute Gasteiger partial charge is 0.326 e. The molecule has 2 aromatic rings. The van der Waals surface area contributed by atoms with Crippen LogP contribution in [0.15, 0.2) is 42.5 Å². The van der Waals surface area contributed by atoms with Gasteiger partial charge >= 0.3 is 0 Å². The second kappa shape index (κ2) is 7.23. The number of halogens is 2. The number of hydrogen-bond acceptors (Lipinski definition) is 2. The summed E-state index contributed by atoms with van der Waals surface area (Å²) in [7, 11) is 0. The van der Waals surface area contributed by atoms with Gasteiger partial charge in [0, 0.05) is 30.4 Å². The number of rotatable bonds is 4. The Kier molecular flexibility index (Phi) is 5.02. The summed E-state index contributed by atoms with van der Waals surface area (Å²) in [6.45, 7) is 4.44. The first-order valence-corrected chi connectivity index (χ1v) is 8.51. The lowest BCUT2D eigenvalue weighted by atomic mass is 10.0. The highest BCUT2D eigenvalue weighted by atomic mass is 19.2. The van der Waals surface area contributed by atoms with Crippen molar-refractivity contribution in [3.05, 3.63) is 59.7 Å². The highest BCUT2D eigenvalue weighted by Gasteiger charge is 2.35. The van der Waals surface area contributed by atoms with Gasteiger partial charge in [0.25, 0.3) is 0 Å². The van der Waals surface area contributed by atoms with Crippen LogP contribution >= 0.6 is 0 Å². The number of amides is 2. The molecule has 0 bridgehead atoms. The number of carbonyl (C=O) groups excluding carboxylic acids is 2. The summed E-state index contributed by atoms with van der Waals surface area (Å²) >= 11 is 0. The van der Waals surface area contributed by atoms with Gasteiger partial charge in [0.1, 0.15) is 0 Å². The standard InChI is InChI=1S/C20H20F2N2O2/c1-12(2)13-3-6-16(7-4-13)24-11-14(9-19(24)25)20(26)23-15-5-8-17(21)18(22)10-15/h3-8,10,12,14H,9,11H2,1-2H3,(H,23,26). The second-order valence-electron chi connectivity index (χ2n) is 6.77. The zero-order valence-electron chi connectivity index (χ0n) is 14.6. The molecule has 6 heteroatoms. The summed E-state index contributed by atoms with van der Waals surface area (Å²) in [4.78, 5) is 26.2. The predicted molar refractivity (Wildman–Crippen MR) is 96.0 cm³/mol. The van der Waals surface area contributed by atoms with Crippen LogP contribution in [-0.4, -0.2) is 18.4 Å². The fourth-order valence-electron chi connectivity index (χ4n) is 2.99. The number of nitrogens with one attached hydrogen (secondary N) is 1. The lowest BCUT2D eigenvalue weighted by Crippen LogP contribution is -2.28. The quantitative estimate of drug-likeness (QED) is 0.895. The van der Waals surface area contributed by atoms with Crippen molar-refractivity contribution in [2.45, 2.75) is 26.2 Å². The van der Waals surface area contributed by atoms with E-state index in [1.165, 1.54) is 11.6 Å². The Morgan fingerprint density at radius 1 is 1.12 bits per heavy atom. The molecule has 26 heavy (non-hydrogen) atoms. The average molecular weight is 358 g/mol. The second-order valence-corrected chi connectivity index (χ2v) is 6.77. The van der Waals surface area contributed by atoms with E-state index in [0.29, 0.717) is 5.92 Å². The van der Waals surface area contributed by atoms with E-state index < -0.39 is 17.6 Å². The first-order chi connectivity index (χ1) is 12.3. The van der Waals surface area contributed by atoms with E-state index >= 15 is 0 Å². The van der Waals surface area contributed by atoms with Crippen molar-refractivity contribution in [3.63, 3.8) is 0 Å². The first-order valence-electron chi connectivity index (χ1n) is 8.51. The van der Waals surface area contributed by atoms with Crippen LogP contribution in [0.3, 0.4) is 0 Å². The summed E-state index contributed by atoms with van der Waals surface area (Å²) in [6, 6.07) is 10.9. The number of benzene rings is 2. The molecule has 0 aromatic heterocycles. The SMILES string of the molecule is CC(C)c1ccc(N2CC(C(=O)Nc3ccc(F)c(F)c3)CC2=O)cc1. The minimum Gasteiger partial charge on any atom is -0.326 e. The molecule has 4 nitrogen and oxygen atoms in total. The molecule has 1 fully saturated rings. The van der Waals surface area contributed by atoms with Crippen molar-refractivity contribution in [3.8, 4) is 0 Å². The summed E-state index contributed by atoms with van der Waals surface area (Å²) in [6.07, 6.45) is 0.0848. The monoisotopic (exact) mass is 358 g/mol. The van der Waals surface area contributed by atoms with Crippen LogP contribution in [0.4, 0.5) is 20.2 Å². The molecule has 1 aliphatic heterocycles. The highest BCUT2D eigenvalue weighted by molar-refractivity contribution is 6.03. The molecule has 1 atom stereocenters. The van der Waals surface area contributed by atoms with E-state index in [9.17, 15) is 18.4 Å². The van der Waals surface area contributed by atoms with Crippen molar-refractivity contribution in [1.29, 1.82) is 0 Å². The molecule has 1 unspecified atom stereocenters. The Morgan fingerprint density at radius 3 is 2.42 bits per heavy atom. The van der Waals surface area contributed by atoms with Gasteiger partial charge in [0.2, 0.25) is 11.8 Å². The number of anilines is 2. The smallest absolute Gasteiger partial charge is 0.229 e. The third-order valence-corrected chi connectivity index (χ3v) is 4.55. The Labute approximate surface area is 150 Å². The highest BCUT2D eigenvalue weighted by Crippen LogP contribution is 2.27. The van der Waals surface area contributed by atoms with Crippen LogP contribution in [0.1, 0.15) is 31.7 Å². The molecule has 1 N–H and O–H groups in total. The lowest BCUT2D eigenvalue weighted by molar-refractivity contribution is -0.122. The van der Waals surface area contributed by atoms with Crippen molar-refractivity contribution in [2.24, 2.45) is 5.92 Å². The summed E-state index contributed by atoms with van der Waals surface area (Å²) in [5.41, 5.74) is 2.09. The molecule has 2 amide bonds. The molecule has 1 aliphatic rings. The van der Waals surface area contributed by atoms with E-state index in [1.54, 1.807) is 4.90 Å². The molecule has 3 rings (SSSR count). The molecule has 0 aliphatic carbocycles. The molecule has 0 saturated carbocycles. The van der Waals surface area contributed by atoms with Crippen LogP contribution in [0.25, 0.3) is 0 Å². The van der Waals surface area contributed by atoms with Gasteiger partial charge in [0.15, 0.2) is 11.6 Å². The summed E-state index contributed by atoms with van der Waals surface area (Å²) in [5, 5.41) is 2.54. The van der Waals surface area contributed by atoms with Crippen LogP contribution in [0.5, 0.6) is 0 Å². The Balaban J connectivity index is 1.68. The maximum absolute atomic E-state index is 13.3. The lowest BCUT2D eigenvalue weighted by Gasteiger charge is -2.18. The van der Waals surface area contributed by atoms with E-state index in [4.69, 9.17) is 0 Å². The number of nitrogens with zero attached hydrogens (tertiary/aromatic N) is 1.